The highest BCUT2D eigenvalue weighted by atomic mass is 32.2. The van der Waals surface area contributed by atoms with Gasteiger partial charge in [-0.2, -0.15) is 5.26 Å². The highest BCUT2D eigenvalue weighted by Crippen LogP contribution is 2.28. The fraction of sp³-hybridized carbons (Fsp3) is 0.211. The molecule has 0 aliphatic rings. The fourth-order valence-electron chi connectivity index (χ4n) is 2.29. The van der Waals surface area contributed by atoms with Crippen molar-refractivity contribution in [1.82, 2.24) is 0 Å². The number of nitrogens with zero attached hydrogens (tertiary/aromatic N) is 1. The summed E-state index contributed by atoms with van der Waals surface area (Å²) in [6, 6.07) is 13.4. The lowest BCUT2D eigenvalue weighted by Gasteiger charge is -2.09. The van der Waals surface area contributed by atoms with E-state index in [9.17, 15) is 13.7 Å². The van der Waals surface area contributed by atoms with Gasteiger partial charge in [0.15, 0.2) is 9.84 Å². The van der Waals surface area contributed by atoms with E-state index < -0.39 is 9.84 Å². The van der Waals surface area contributed by atoms with E-state index in [2.05, 4.69) is 0 Å². The maximum absolute atomic E-state index is 12.6. The molecule has 0 N–H and O–H groups in total. The van der Waals surface area contributed by atoms with Crippen LogP contribution in [0.2, 0.25) is 0 Å². The summed E-state index contributed by atoms with van der Waals surface area (Å²) < 4.78 is 40.7. The number of hydrogen-bond donors (Lipinski definition) is 0. The molecule has 7 heteroatoms. The lowest BCUT2D eigenvalue weighted by atomic mass is 10.2. The summed E-state index contributed by atoms with van der Waals surface area (Å²) in [6.07, 6.45) is 1.30. The average Bonchev–Trinajstić information content (AvgIpc) is 2.66. The fourth-order valence-corrected chi connectivity index (χ4v) is 3.52. The summed E-state index contributed by atoms with van der Waals surface area (Å²) in [5.41, 5.74) is 1.04. The highest BCUT2D eigenvalue weighted by Gasteiger charge is 2.19. The van der Waals surface area contributed by atoms with Crippen molar-refractivity contribution in [1.29, 1.82) is 5.26 Å². The van der Waals surface area contributed by atoms with Gasteiger partial charge in [0.2, 0.25) is 0 Å². The van der Waals surface area contributed by atoms with E-state index >= 15 is 0 Å². The molecule has 0 amide bonds. The summed E-state index contributed by atoms with van der Waals surface area (Å²) in [6.45, 7) is 0. The first-order chi connectivity index (χ1) is 12.4. The maximum Gasteiger partial charge on any atom is 0.192 e. The van der Waals surface area contributed by atoms with Crippen LogP contribution in [-0.2, 0) is 15.6 Å². The van der Waals surface area contributed by atoms with Gasteiger partial charge in [-0.3, -0.25) is 0 Å². The van der Waals surface area contributed by atoms with Crippen LogP contribution in [0.15, 0.2) is 47.4 Å². The van der Waals surface area contributed by atoms with Crippen molar-refractivity contribution in [3.05, 3.63) is 58.5 Å². The molecular formula is C19H19NO5S. The average molecular weight is 373 g/mol. The molecule has 26 heavy (non-hydrogen) atoms. The molecule has 136 valence electrons. The summed E-state index contributed by atoms with van der Waals surface area (Å²) in [4.78, 5) is -0.336. The molecule has 0 heterocycles. The molecule has 2 aromatic carbocycles. The SMILES string of the molecule is COc1ccc(CS(=O)(=O)C(C#N)=Cc2ccc(OC)cc2OC)cc1. The zero-order valence-electron chi connectivity index (χ0n) is 14.7. The molecule has 6 nitrogen and oxygen atoms in total. The first-order valence-electron chi connectivity index (χ1n) is 7.63. The van der Waals surface area contributed by atoms with Crippen LogP contribution in [0, 0.1) is 11.3 Å². The van der Waals surface area contributed by atoms with E-state index in [0.717, 1.165) is 0 Å². The van der Waals surface area contributed by atoms with Gasteiger partial charge >= 0.3 is 0 Å². The molecule has 2 rings (SSSR count). The molecule has 0 aliphatic carbocycles. The van der Waals surface area contributed by atoms with Crippen molar-refractivity contribution in [2.75, 3.05) is 21.3 Å². The van der Waals surface area contributed by atoms with Gasteiger partial charge in [-0.25, -0.2) is 8.42 Å². The van der Waals surface area contributed by atoms with E-state index in [4.69, 9.17) is 14.2 Å². The van der Waals surface area contributed by atoms with Crippen LogP contribution in [0.5, 0.6) is 17.2 Å². The number of sulfone groups is 1. The summed E-state index contributed by atoms with van der Waals surface area (Å²) >= 11 is 0. The second kappa shape index (κ2) is 8.41. The van der Waals surface area contributed by atoms with Crippen LogP contribution < -0.4 is 14.2 Å². The van der Waals surface area contributed by atoms with E-state index in [1.807, 2.05) is 0 Å². The van der Waals surface area contributed by atoms with E-state index in [1.165, 1.54) is 27.4 Å². The zero-order valence-corrected chi connectivity index (χ0v) is 15.5. The van der Waals surface area contributed by atoms with Crippen LogP contribution in [0.3, 0.4) is 0 Å². The number of benzene rings is 2. The Hall–Kier alpha value is -2.98. The molecule has 2 aromatic rings. The highest BCUT2D eigenvalue weighted by molar-refractivity contribution is 7.95. The third-order valence-electron chi connectivity index (χ3n) is 3.69. The number of methoxy groups -OCH3 is 3. The van der Waals surface area contributed by atoms with Crippen LogP contribution >= 0.6 is 0 Å². The number of nitriles is 1. The second-order valence-electron chi connectivity index (χ2n) is 5.34. The van der Waals surface area contributed by atoms with Crippen molar-refractivity contribution in [2.24, 2.45) is 0 Å². The van der Waals surface area contributed by atoms with E-state index in [1.54, 1.807) is 48.5 Å². The minimum Gasteiger partial charge on any atom is -0.497 e. The third-order valence-corrected chi connectivity index (χ3v) is 5.28. The molecular weight excluding hydrogens is 354 g/mol. The molecule has 0 atom stereocenters. The first-order valence-corrected chi connectivity index (χ1v) is 9.28. The lowest BCUT2D eigenvalue weighted by Crippen LogP contribution is -2.06. The van der Waals surface area contributed by atoms with Crippen molar-refractivity contribution in [2.45, 2.75) is 5.75 Å². The second-order valence-corrected chi connectivity index (χ2v) is 7.29. The van der Waals surface area contributed by atoms with E-state index in [0.29, 0.717) is 28.4 Å². The molecule has 0 aliphatic heterocycles. The van der Waals surface area contributed by atoms with Gasteiger partial charge in [0.1, 0.15) is 28.2 Å². The minimum absolute atomic E-state index is 0.283. The van der Waals surface area contributed by atoms with Gasteiger partial charge in [0, 0.05) is 11.6 Å². The van der Waals surface area contributed by atoms with Gasteiger partial charge in [-0.15, -0.1) is 0 Å². The maximum atomic E-state index is 12.6. The standard InChI is InChI=1S/C19H19NO5S/c1-23-16-7-4-14(5-8-16)13-26(21,22)18(12-20)10-15-6-9-17(24-2)11-19(15)25-3/h4-11H,13H2,1-3H3. The molecule has 0 spiro atoms. The Balaban J connectivity index is 2.36. The van der Waals surface area contributed by atoms with Crippen molar-refractivity contribution >= 4 is 15.9 Å². The quantitative estimate of drug-likeness (QED) is 0.693. The van der Waals surface area contributed by atoms with Crippen LogP contribution in [0.4, 0.5) is 0 Å². The third kappa shape index (κ3) is 4.55. The van der Waals surface area contributed by atoms with Gasteiger partial charge in [0.25, 0.3) is 0 Å². The number of hydrogen-bond acceptors (Lipinski definition) is 6. The van der Waals surface area contributed by atoms with Gasteiger partial charge < -0.3 is 14.2 Å². The number of allylic oxidation sites excluding steroid dienone is 1. The van der Waals surface area contributed by atoms with Crippen LogP contribution in [-0.4, -0.2) is 29.7 Å². The summed E-state index contributed by atoms with van der Waals surface area (Å²) in [7, 11) is 0.701. The van der Waals surface area contributed by atoms with Gasteiger partial charge in [0.05, 0.1) is 27.1 Å². The van der Waals surface area contributed by atoms with Crippen LogP contribution in [0.1, 0.15) is 11.1 Å². The minimum atomic E-state index is -3.81. The summed E-state index contributed by atoms with van der Waals surface area (Å²) in [5.74, 6) is 1.33. The first kappa shape index (κ1) is 19.3. The largest absolute Gasteiger partial charge is 0.497 e. The molecule has 0 aromatic heterocycles. The Labute approximate surface area is 153 Å². The Morgan fingerprint density at radius 3 is 2.15 bits per heavy atom. The summed E-state index contributed by atoms with van der Waals surface area (Å²) in [5, 5.41) is 9.36. The topological polar surface area (TPSA) is 85.6 Å². The Bertz CT molecular complexity index is 941. The smallest absolute Gasteiger partial charge is 0.192 e. The molecule has 0 bridgehead atoms. The van der Waals surface area contributed by atoms with Crippen LogP contribution in [0.25, 0.3) is 6.08 Å². The predicted octanol–water partition coefficient (Wildman–Crippen LogP) is 3.19. The van der Waals surface area contributed by atoms with Crippen molar-refractivity contribution in [3.8, 4) is 23.3 Å². The number of ether oxygens (including phenoxy) is 3. The molecule has 0 saturated carbocycles. The zero-order chi connectivity index (χ0) is 19.2. The Kier molecular flexibility index (Phi) is 6.26. The van der Waals surface area contributed by atoms with Gasteiger partial charge in [-0.05, 0) is 35.9 Å². The lowest BCUT2D eigenvalue weighted by molar-refractivity contribution is 0.394. The molecule has 0 unspecified atom stereocenters. The van der Waals surface area contributed by atoms with Gasteiger partial charge in [-0.1, -0.05) is 12.1 Å². The molecule has 0 saturated heterocycles. The van der Waals surface area contributed by atoms with Crippen molar-refractivity contribution in [3.63, 3.8) is 0 Å². The normalized spacial score (nSPS) is 11.5. The monoisotopic (exact) mass is 373 g/mol. The number of rotatable bonds is 7. The van der Waals surface area contributed by atoms with Crippen molar-refractivity contribution < 1.29 is 22.6 Å². The Morgan fingerprint density at radius 2 is 1.62 bits per heavy atom. The predicted molar refractivity (Wildman–Crippen MR) is 98.8 cm³/mol. The Morgan fingerprint density at radius 1 is 1.00 bits per heavy atom. The van der Waals surface area contributed by atoms with E-state index in [-0.39, 0.29) is 10.7 Å². The molecule has 0 radical (unpaired) electrons. The molecule has 0 fully saturated rings.